The standard InChI is InChI=1S/C16H19F2NS/c1-3-12-8-9-15(20-12)14(19-4-2)10-11-6-5-7-13(17)16(11)18/h5-9,14,19H,3-4,10H2,1-2H3. The summed E-state index contributed by atoms with van der Waals surface area (Å²) in [5.41, 5.74) is 0.419. The minimum absolute atomic E-state index is 0.0293. The number of hydrogen-bond acceptors (Lipinski definition) is 2. The number of halogens is 2. The first-order chi connectivity index (χ1) is 9.65. The van der Waals surface area contributed by atoms with Crippen molar-refractivity contribution in [2.75, 3.05) is 6.54 Å². The Labute approximate surface area is 122 Å². The van der Waals surface area contributed by atoms with Gasteiger partial charge in [0.1, 0.15) is 0 Å². The van der Waals surface area contributed by atoms with Gasteiger partial charge < -0.3 is 5.32 Å². The fraction of sp³-hybridized carbons (Fsp3) is 0.375. The first kappa shape index (κ1) is 15.1. The number of nitrogens with one attached hydrogen (secondary N) is 1. The van der Waals surface area contributed by atoms with Crippen LogP contribution in [0, 0.1) is 11.6 Å². The monoisotopic (exact) mass is 295 g/mol. The Morgan fingerprint density at radius 3 is 2.60 bits per heavy atom. The number of rotatable bonds is 6. The minimum Gasteiger partial charge on any atom is -0.309 e. The Morgan fingerprint density at radius 2 is 1.95 bits per heavy atom. The van der Waals surface area contributed by atoms with Crippen LogP contribution in [0.25, 0.3) is 0 Å². The molecule has 1 N–H and O–H groups in total. The quantitative estimate of drug-likeness (QED) is 0.828. The smallest absolute Gasteiger partial charge is 0.162 e. The molecule has 0 bridgehead atoms. The second-order valence-corrected chi connectivity index (χ2v) is 5.88. The zero-order valence-electron chi connectivity index (χ0n) is 11.7. The zero-order chi connectivity index (χ0) is 14.5. The topological polar surface area (TPSA) is 12.0 Å². The molecule has 2 rings (SSSR count). The van der Waals surface area contributed by atoms with Crippen molar-refractivity contribution < 1.29 is 8.78 Å². The molecule has 108 valence electrons. The summed E-state index contributed by atoms with van der Waals surface area (Å²) in [6.07, 6.45) is 1.46. The molecule has 20 heavy (non-hydrogen) atoms. The maximum atomic E-state index is 13.8. The van der Waals surface area contributed by atoms with Crippen molar-refractivity contribution in [1.82, 2.24) is 5.32 Å². The first-order valence-electron chi connectivity index (χ1n) is 6.90. The molecule has 1 aromatic heterocycles. The third-order valence-electron chi connectivity index (χ3n) is 3.28. The number of hydrogen-bond donors (Lipinski definition) is 1. The summed E-state index contributed by atoms with van der Waals surface area (Å²) < 4.78 is 27.1. The molecule has 1 nitrogen and oxygen atoms in total. The molecule has 4 heteroatoms. The molecule has 0 radical (unpaired) electrons. The molecule has 1 atom stereocenters. The zero-order valence-corrected chi connectivity index (χ0v) is 12.6. The van der Waals surface area contributed by atoms with Crippen molar-refractivity contribution in [1.29, 1.82) is 0 Å². The van der Waals surface area contributed by atoms with Crippen LogP contribution in [0.1, 0.15) is 35.2 Å². The van der Waals surface area contributed by atoms with Gasteiger partial charge in [-0.1, -0.05) is 26.0 Å². The van der Waals surface area contributed by atoms with Gasteiger partial charge in [-0.25, -0.2) is 8.78 Å². The second-order valence-electron chi connectivity index (χ2n) is 4.68. The summed E-state index contributed by atoms with van der Waals surface area (Å²) >= 11 is 1.73. The van der Waals surface area contributed by atoms with Crippen molar-refractivity contribution in [3.8, 4) is 0 Å². The maximum absolute atomic E-state index is 13.8. The third kappa shape index (κ3) is 3.44. The second kappa shape index (κ2) is 6.95. The average molecular weight is 295 g/mol. The molecule has 1 heterocycles. The van der Waals surface area contributed by atoms with Crippen LogP contribution in [-0.4, -0.2) is 6.54 Å². The molecule has 0 aliphatic rings. The SMILES string of the molecule is CCNC(Cc1cccc(F)c1F)c1ccc(CC)s1. The molecule has 1 aromatic carbocycles. The van der Waals surface area contributed by atoms with Crippen molar-refractivity contribution in [3.05, 3.63) is 57.3 Å². The fourth-order valence-corrected chi connectivity index (χ4v) is 3.25. The lowest BCUT2D eigenvalue weighted by molar-refractivity contribution is 0.483. The van der Waals surface area contributed by atoms with E-state index in [1.54, 1.807) is 23.5 Å². The fourth-order valence-electron chi connectivity index (χ4n) is 2.22. The van der Waals surface area contributed by atoms with Crippen LogP contribution >= 0.6 is 11.3 Å². The van der Waals surface area contributed by atoms with Crippen molar-refractivity contribution in [2.45, 2.75) is 32.7 Å². The van der Waals surface area contributed by atoms with Gasteiger partial charge in [0.15, 0.2) is 11.6 Å². The number of benzene rings is 1. The van der Waals surface area contributed by atoms with Gasteiger partial charge in [-0.2, -0.15) is 0 Å². The van der Waals surface area contributed by atoms with Gasteiger partial charge in [-0.05, 0) is 43.1 Å². The summed E-state index contributed by atoms with van der Waals surface area (Å²) in [7, 11) is 0. The molecule has 0 saturated carbocycles. The van der Waals surface area contributed by atoms with Gasteiger partial charge in [0, 0.05) is 15.8 Å². The third-order valence-corrected chi connectivity index (χ3v) is 4.62. The van der Waals surface area contributed by atoms with E-state index in [-0.39, 0.29) is 6.04 Å². The number of aryl methyl sites for hydroxylation is 1. The van der Waals surface area contributed by atoms with Crippen molar-refractivity contribution in [3.63, 3.8) is 0 Å². The highest BCUT2D eigenvalue weighted by atomic mass is 32.1. The Morgan fingerprint density at radius 1 is 1.15 bits per heavy atom. The van der Waals surface area contributed by atoms with E-state index < -0.39 is 11.6 Å². The van der Waals surface area contributed by atoms with Gasteiger partial charge in [0.25, 0.3) is 0 Å². The lowest BCUT2D eigenvalue weighted by Crippen LogP contribution is -2.22. The van der Waals surface area contributed by atoms with E-state index in [2.05, 4.69) is 24.4 Å². The predicted octanol–water partition coefficient (Wildman–Crippen LogP) is 4.48. The van der Waals surface area contributed by atoms with E-state index in [1.165, 1.54) is 9.75 Å². The van der Waals surface area contributed by atoms with Gasteiger partial charge >= 0.3 is 0 Å². The van der Waals surface area contributed by atoms with Gasteiger partial charge in [-0.15, -0.1) is 11.3 Å². The highest BCUT2D eigenvalue weighted by molar-refractivity contribution is 7.12. The molecular weight excluding hydrogens is 276 g/mol. The van der Waals surface area contributed by atoms with Crippen molar-refractivity contribution in [2.24, 2.45) is 0 Å². The van der Waals surface area contributed by atoms with Gasteiger partial charge in [0.2, 0.25) is 0 Å². The molecule has 0 aliphatic carbocycles. The highest BCUT2D eigenvalue weighted by Gasteiger charge is 2.17. The summed E-state index contributed by atoms with van der Waals surface area (Å²) in [5, 5.41) is 3.35. The Hall–Kier alpha value is -1.26. The molecular formula is C16H19F2NS. The van der Waals surface area contributed by atoms with E-state index in [9.17, 15) is 8.78 Å². The summed E-state index contributed by atoms with van der Waals surface area (Å²) in [6.45, 7) is 4.92. The molecule has 0 spiro atoms. The van der Waals surface area contributed by atoms with Crippen molar-refractivity contribution >= 4 is 11.3 Å². The highest BCUT2D eigenvalue weighted by Crippen LogP contribution is 2.27. The van der Waals surface area contributed by atoms with E-state index in [0.29, 0.717) is 12.0 Å². The Bertz CT molecular complexity index is 565. The molecule has 0 amide bonds. The maximum Gasteiger partial charge on any atom is 0.162 e. The summed E-state index contributed by atoms with van der Waals surface area (Å²) in [6, 6.07) is 8.57. The van der Waals surface area contributed by atoms with Crippen LogP contribution in [0.4, 0.5) is 8.78 Å². The Kier molecular flexibility index (Phi) is 5.26. The normalized spacial score (nSPS) is 12.6. The van der Waals surface area contributed by atoms with E-state index in [0.717, 1.165) is 19.0 Å². The van der Waals surface area contributed by atoms with Crippen LogP contribution in [0.3, 0.4) is 0 Å². The van der Waals surface area contributed by atoms with Crippen LogP contribution < -0.4 is 5.32 Å². The lowest BCUT2D eigenvalue weighted by atomic mass is 10.0. The number of likely N-dealkylation sites (N-methyl/N-ethyl adjacent to an activating group) is 1. The van der Waals surface area contributed by atoms with Crippen LogP contribution in [-0.2, 0) is 12.8 Å². The number of thiophene rings is 1. The van der Waals surface area contributed by atoms with E-state index in [4.69, 9.17) is 0 Å². The predicted molar refractivity (Wildman–Crippen MR) is 80.2 cm³/mol. The molecule has 0 saturated heterocycles. The largest absolute Gasteiger partial charge is 0.309 e. The van der Waals surface area contributed by atoms with Gasteiger partial charge in [-0.3, -0.25) is 0 Å². The molecule has 0 fully saturated rings. The van der Waals surface area contributed by atoms with Crippen LogP contribution in [0.2, 0.25) is 0 Å². The van der Waals surface area contributed by atoms with E-state index >= 15 is 0 Å². The lowest BCUT2D eigenvalue weighted by Gasteiger charge is -2.17. The Balaban J connectivity index is 2.23. The molecule has 2 aromatic rings. The first-order valence-corrected chi connectivity index (χ1v) is 7.72. The van der Waals surface area contributed by atoms with E-state index in [1.807, 2.05) is 6.92 Å². The average Bonchev–Trinajstić information content (AvgIpc) is 2.92. The molecule has 0 aliphatic heterocycles. The van der Waals surface area contributed by atoms with Gasteiger partial charge in [0.05, 0.1) is 0 Å². The molecule has 1 unspecified atom stereocenters. The van der Waals surface area contributed by atoms with Crippen LogP contribution in [0.5, 0.6) is 0 Å². The van der Waals surface area contributed by atoms with Crippen LogP contribution in [0.15, 0.2) is 30.3 Å². The summed E-state index contributed by atoms with van der Waals surface area (Å²) in [5.74, 6) is -1.51. The summed E-state index contributed by atoms with van der Waals surface area (Å²) in [4.78, 5) is 2.48. The minimum atomic E-state index is -0.779.